The van der Waals surface area contributed by atoms with Gasteiger partial charge in [-0.15, -0.1) is 0 Å². The van der Waals surface area contributed by atoms with Crippen molar-refractivity contribution in [3.8, 4) is 0 Å². The number of benzene rings is 1. The maximum atomic E-state index is 10.9. The third-order valence-corrected chi connectivity index (χ3v) is 3.41. The van der Waals surface area contributed by atoms with Crippen LogP contribution < -0.4 is 4.90 Å². The third kappa shape index (κ3) is 2.02. The van der Waals surface area contributed by atoms with Gasteiger partial charge < -0.3 is 4.90 Å². The van der Waals surface area contributed by atoms with Crippen LogP contribution in [-0.2, 0) is 0 Å². The lowest BCUT2D eigenvalue weighted by Gasteiger charge is -2.17. The normalized spacial score (nSPS) is 18.2. The number of nitro groups is 1. The smallest absolute Gasteiger partial charge is 0.300 e. The van der Waals surface area contributed by atoms with E-state index in [1.807, 2.05) is 4.90 Å². The number of nitrogens with zero attached hydrogens (tertiary/aromatic N) is 5. The van der Waals surface area contributed by atoms with Gasteiger partial charge in [-0.2, -0.15) is 0 Å². The van der Waals surface area contributed by atoms with Gasteiger partial charge >= 0.3 is 5.69 Å². The van der Waals surface area contributed by atoms with E-state index in [4.69, 9.17) is 0 Å². The van der Waals surface area contributed by atoms with Gasteiger partial charge in [0.15, 0.2) is 5.52 Å². The number of rotatable bonds is 3. The van der Waals surface area contributed by atoms with Crippen LogP contribution in [0.15, 0.2) is 21.8 Å². The second-order valence-electron chi connectivity index (χ2n) is 4.43. The molecular weight excluding hydrogens is 282 g/mol. The van der Waals surface area contributed by atoms with Crippen molar-refractivity contribution in [2.75, 3.05) is 18.0 Å². The Balaban J connectivity index is 2.01. The number of nitro benzene ring substituents is 1. The quantitative estimate of drug-likeness (QED) is 0.368. The van der Waals surface area contributed by atoms with Crippen molar-refractivity contribution < 1.29 is 9.55 Å². The van der Waals surface area contributed by atoms with Crippen molar-refractivity contribution >= 4 is 39.8 Å². The van der Waals surface area contributed by atoms with E-state index in [0.717, 1.165) is 18.7 Å². The summed E-state index contributed by atoms with van der Waals surface area (Å²) < 4.78 is 4.65. The van der Waals surface area contributed by atoms with Gasteiger partial charge in [-0.3, -0.25) is 10.1 Å². The predicted octanol–water partition coefficient (Wildman–Crippen LogP) is 1.81. The average Bonchev–Trinajstić information content (AvgIpc) is 3.06. The van der Waals surface area contributed by atoms with Crippen LogP contribution in [0.1, 0.15) is 6.42 Å². The lowest BCUT2D eigenvalue weighted by molar-refractivity contribution is -0.383. The second-order valence-corrected chi connectivity index (χ2v) is 4.61. The Morgan fingerprint density at radius 1 is 1.50 bits per heavy atom. The number of non-ortho nitro benzene ring substituents is 1. The minimum Gasteiger partial charge on any atom is -0.367 e. The lowest BCUT2D eigenvalue weighted by atomic mass is 10.2. The van der Waals surface area contributed by atoms with Gasteiger partial charge in [0.25, 0.3) is 0 Å². The number of aliphatic imine (C=N–C) groups is 1. The van der Waals surface area contributed by atoms with Crippen LogP contribution in [-0.4, -0.2) is 39.5 Å². The monoisotopic (exact) mass is 291 g/mol. The van der Waals surface area contributed by atoms with Gasteiger partial charge in [0.05, 0.1) is 21.8 Å². The fraction of sp³-hybridized carbons (Fsp3) is 0.364. The molecule has 1 aromatic carbocycles. The zero-order valence-corrected chi connectivity index (χ0v) is 11.0. The Labute approximate surface area is 118 Å². The van der Waals surface area contributed by atoms with Crippen molar-refractivity contribution in [1.29, 1.82) is 0 Å². The lowest BCUT2D eigenvalue weighted by Crippen LogP contribution is -2.21. The molecule has 1 unspecified atom stereocenters. The molecule has 1 aromatic heterocycles. The van der Waals surface area contributed by atoms with Crippen molar-refractivity contribution in [2.24, 2.45) is 4.99 Å². The Morgan fingerprint density at radius 3 is 3.05 bits per heavy atom. The topological polar surface area (TPSA) is 97.7 Å². The molecule has 9 heteroatoms. The first kappa shape index (κ1) is 12.6. The summed E-state index contributed by atoms with van der Waals surface area (Å²) in [4.78, 5) is 16.5. The summed E-state index contributed by atoms with van der Waals surface area (Å²) >= 11 is 4.61. The molecule has 20 heavy (non-hydrogen) atoms. The van der Waals surface area contributed by atoms with E-state index in [2.05, 4.69) is 37.3 Å². The van der Waals surface area contributed by atoms with E-state index in [1.165, 1.54) is 6.07 Å². The third-order valence-electron chi connectivity index (χ3n) is 3.31. The maximum Gasteiger partial charge on any atom is 0.300 e. The SMILES string of the molecule is O=[N+]([O-])c1ccc(N2CCC(N=C=S)C2)c2nonc12. The first-order valence-corrected chi connectivity index (χ1v) is 6.33. The van der Waals surface area contributed by atoms with Crippen LogP contribution in [0.4, 0.5) is 11.4 Å². The first-order chi connectivity index (χ1) is 9.70. The zero-order chi connectivity index (χ0) is 14.1. The van der Waals surface area contributed by atoms with Gasteiger partial charge in [0.2, 0.25) is 5.52 Å². The molecule has 0 aliphatic carbocycles. The minimum absolute atomic E-state index is 0.0950. The molecule has 1 aliphatic rings. The number of hydrogen-bond donors (Lipinski definition) is 0. The molecule has 2 aromatic rings. The van der Waals surface area contributed by atoms with Crippen LogP contribution in [0.2, 0.25) is 0 Å². The highest BCUT2D eigenvalue weighted by molar-refractivity contribution is 7.78. The molecule has 0 N–H and O–H groups in total. The van der Waals surface area contributed by atoms with Crippen molar-refractivity contribution in [2.45, 2.75) is 12.5 Å². The standard InChI is InChI=1S/C11H9N5O3S/c17-16(18)9-2-1-8(10-11(9)14-19-13-10)15-4-3-7(5-15)12-6-20/h1-2,7H,3-5H2. The molecule has 0 spiro atoms. The molecule has 0 bridgehead atoms. The highest BCUT2D eigenvalue weighted by atomic mass is 32.1. The van der Waals surface area contributed by atoms with Gasteiger partial charge in [-0.25, -0.2) is 9.62 Å². The highest BCUT2D eigenvalue weighted by Gasteiger charge is 2.27. The van der Waals surface area contributed by atoms with Gasteiger partial charge in [0, 0.05) is 19.2 Å². The average molecular weight is 291 g/mol. The number of isothiocyanates is 1. The number of fused-ring (bicyclic) bond motifs is 1. The Morgan fingerprint density at radius 2 is 2.30 bits per heavy atom. The number of aromatic nitrogens is 2. The molecule has 1 atom stereocenters. The Hall–Kier alpha value is -2.38. The summed E-state index contributed by atoms with van der Waals surface area (Å²) in [5.41, 5.74) is 1.20. The van der Waals surface area contributed by atoms with Crippen LogP contribution in [0.3, 0.4) is 0 Å². The summed E-state index contributed by atoms with van der Waals surface area (Å²) in [5, 5.41) is 20.7. The van der Waals surface area contributed by atoms with E-state index in [1.54, 1.807) is 6.07 Å². The number of anilines is 1. The van der Waals surface area contributed by atoms with E-state index in [0.29, 0.717) is 12.1 Å². The molecule has 0 radical (unpaired) electrons. The van der Waals surface area contributed by atoms with E-state index >= 15 is 0 Å². The molecular formula is C11H9N5O3S. The molecule has 3 rings (SSSR count). The fourth-order valence-corrected chi connectivity index (χ4v) is 2.53. The molecule has 1 saturated heterocycles. The molecule has 1 aliphatic heterocycles. The summed E-state index contributed by atoms with van der Waals surface area (Å²) in [6, 6.07) is 3.17. The minimum atomic E-state index is -0.500. The van der Waals surface area contributed by atoms with Crippen molar-refractivity contribution in [3.05, 3.63) is 22.2 Å². The second kappa shape index (κ2) is 4.95. The number of hydrogen-bond acceptors (Lipinski definition) is 8. The molecule has 1 fully saturated rings. The van der Waals surface area contributed by atoms with Gasteiger partial charge in [-0.1, -0.05) is 0 Å². The molecule has 102 valence electrons. The molecule has 0 amide bonds. The Kier molecular flexibility index (Phi) is 3.13. The van der Waals surface area contributed by atoms with Crippen LogP contribution in [0.5, 0.6) is 0 Å². The van der Waals surface area contributed by atoms with Crippen LogP contribution in [0, 0.1) is 10.1 Å². The maximum absolute atomic E-state index is 10.9. The summed E-state index contributed by atoms with van der Waals surface area (Å²) in [6.45, 7) is 1.44. The largest absolute Gasteiger partial charge is 0.367 e. The predicted molar refractivity (Wildman–Crippen MR) is 74.1 cm³/mol. The number of thiocarbonyl (C=S) groups is 1. The molecule has 2 heterocycles. The van der Waals surface area contributed by atoms with E-state index in [-0.39, 0.29) is 17.2 Å². The van der Waals surface area contributed by atoms with Gasteiger partial charge in [0.1, 0.15) is 0 Å². The van der Waals surface area contributed by atoms with E-state index in [9.17, 15) is 10.1 Å². The first-order valence-electron chi connectivity index (χ1n) is 5.92. The molecule has 8 nitrogen and oxygen atoms in total. The Bertz CT molecular complexity index is 724. The van der Waals surface area contributed by atoms with E-state index < -0.39 is 4.92 Å². The fourth-order valence-electron chi connectivity index (χ4n) is 2.38. The van der Waals surface area contributed by atoms with Gasteiger partial charge in [-0.05, 0) is 35.0 Å². The van der Waals surface area contributed by atoms with Crippen molar-refractivity contribution in [3.63, 3.8) is 0 Å². The molecule has 0 saturated carbocycles. The highest BCUT2D eigenvalue weighted by Crippen LogP contribution is 2.33. The van der Waals surface area contributed by atoms with Crippen molar-refractivity contribution in [1.82, 2.24) is 10.3 Å². The summed E-state index contributed by atoms with van der Waals surface area (Å²) in [6.07, 6.45) is 0.855. The van der Waals surface area contributed by atoms with Crippen LogP contribution >= 0.6 is 12.2 Å². The zero-order valence-electron chi connectivity index (χ0n) is 10.2. The van der Waals surface area contributed by atoms with Crippen LogP contribution in [0.25, 0.3) is 11.0 Å². The summed E-state index contributed by atoms with van der Waals surface area (Å²) in [5.74, 6) is 0. The summed E-state index contributed by atoms with van der Waals surface area (Å²) in [7, 11) is 0.